The van der Waals surface area contributed by atoms with Gasteiger partial charge >= 0.3 is 0 Å². The van der Waals surface area contributed by atoms with Crippen LogP contribution < -0.4 is 5.32 Å². The minimum absolute atomic E-state index is 0.0298. The lowest BCUT2D eigenvalue weighted by Gasteiger charge is -2.22. The highest BCUT2D eigenvalue weighted by Crippen LogP contribution is 2.30. The van der Waals surface area contributed by atoms with Gasteiger partial charge in [0.15, 0.2) is 0 Å². The van der Waals surface area contributed by atoms with Crippen molar-refractivity contribution < 1.29 is 4.79 Å². The number of rotatable bonds is 3. The number of halogens is 1. The zero-order valence-electron chi connectivity index (χ0n) is 13.5. The smallest absolute Gasteiger partial charge is 0.235 e. The number of carbonyl (C=O) groups excluding carboxylic acids is 1. The molecule has 0 saturated carbocycles. The van der Waals surface area contributed by atoms with Crippen LogP contribution in [-0.4, -0.2) is 22.3 Å². The molecule has 2 aromatic rings. The third-order valence-corrected chi connectivity index (χ3v) is 5.57. The monoisotopic (exact) mass is 393 g/mol. The molecule has 0 unspecified atom stereocenters. The van der Waals surface area contributed by atoms with Crippen LogP contribution in [0.25, 0.3) is 0 Å². The molecule has 1 fully saturated rings. The number of aromatic nitrogens is 1. The zero-order chi connectivity index (χ0) is 16.6. The van der Waals surface area contributed by atoms with Gasteiger partial charge in [-0.25, -0.2) is 4.98 Å². The molecule has 2 heterocycles. The van der Waals surface area contributed by atoms with Crippen LogP contribution in [-0.2, 0) is 16.8 Å². The molecule has 1 aliphatic heterocycles. The summed E-state index contributed by atoms with van der Waals surface area (Å²) in [6.45, 7) is 7.59. The summed E-state index contributed by atoms with van der Waals surface area (Å²) in [6.07, 6.45) is -0.140. The van der Waals surface area contributed by atoms with E-state index in [1.807, 2.05) is 12.1 Å². The van der Waals surface area contributed by atoms with Crippen molar-refractivity contribution in [2.45, 2.75) is 38.9 Å². The number of nitrogens with zero attached hydrogens (tertiary/aromatic N) is 2. The van der Waals surface area contributed by atoms with E-state index in [4.69, 9.17) is 4.98 Å². The molecule has 1 aromatic carbocycles. The molecular weight excluding hydrogens is 374 g/mol. The predicted octanol–water partition coefficient (Wildman–Crippen LogP) is 3.83. The van der Waals surface area contributed by atoms with E-state index in [-0.39, 0.29) is 17.5 Å². The van der Waals surface area contributed by atoms with Gasteiger partial charge in [-0.2, -0.15) is 0 Å². The molecule has 6 heteroatoms. The van der Waals surface area contributed by atoms with Crippen molar-refractivity contribution in [3.05, 3.63) is 50.4 Å². The van der Waals surface area contributed by atoms with E-state index < -0.39 is 0 Å². The van der Waals surface area contributed by atoms with Crippen LogP contribution in [0.5, 0.6) is 0 Å². The predicted molar refractivity (Wildman–Crippen MR) is 96.2 cm³/mol. The van der Waals surface area contributed by atoms with Gasteiger partial charge in [0.25, 0.3) is 0 Å². The molecular formula is C17H20BrN3OS. The summed E-state index contributed by atoms with van der Waals surface area (Å²) in [5.74, 6) is 0.0532. The molecule has 0 radical (unpaired) electrons. The van der Waals surface area contributed by atoms with Crippen molar-refractivity contribution in [2.75, 3.05) is 6.54 Å². The summed E-state index contributed by atoms with van der Waals surface area (Å²) < 4.78 is 1.06. The van der Waals surface area contributed by atoms with Gasteiger partial charge in [-0.15, -0.1) is 11.3 Å². The van der Waals surface area contributed by atoms with Gasteiger partial charge < -0.3 is 5.32 Å². The molecule has 1 saturated heterocycles. The molecule has 1 N–H and O–H groups in total. The third kappa shape index (κ3) is 3.82. The largest absolute Gasteiger partial charge is 0.334 e. The van der Waals surface area contributed by atoms with Crippen molar-refractivity contribution in [3.8, 4) is 0 Å². The second-order valence-corrected chi connectivity index (χ2v) is 8.60. The average molecular weight is 394 g/mol. The maximum atomic E-state index is 11.9. The van der Waals surface area contributed by atoms with E-state index in [1.54, 1.807) is 11.3 Å². The molecule has 4 nitrogen and oxygen atoms in total. The Kier molecular flexibility index (Phi) is 4.58. The van der Waals surface area contributed by atoms with E-state index in [0.29, 0.717) is 6.54 Å². The highest BCUT2D eigenvalue weighted by Gasteiger charge is 2.33. The van der Waals surface area contributed by atoms with Gasteiger partial charge in [0.2, 0.25) is 5.91 Å². The maximum absolute atomic E-state index is 11.9. The van der Waals surface area contributed by atoms with E-state index in [9.17, 15) is 4.79 Å². The summed E-state index contributed by atoms with van der Waals surface area (Å²) in [5.41, 5.74) is 2.14. The number of amides is 1. The summed E-state index contributed by atoms with van der Waals surface area (Å²) in [4.78, 5) is 18.8. The average Bonchev–Trinajstić information content (AvgIpc) is 3.07. The Bertz CT molecular complexity index is 705. The first-order valence-corrected chi connectivity index (χ1v) is 9.24. The Labute approximate surface area is 149 Å². The minimum atomic E-state index is -0.140. The molecule has 0 spiro atoms. The zero-order valence-corrected chi connectivity index (χ0v) is 15.9. The Morgan fingerprint density at radius 3 is 2.65 bits per heavy atom. The van der Waals surface area contributed by atoms with Gasteiger partial charge in [-0.3, -0.25) is 9.69 Å². The summed E-state index contributed by atoms with van der Waals surface area (Å²) in [5, 5.41) is 6.19. The normalized spacial score (nSPS) is 19.1. The van der Waals surface area contributed by atoms with Crippen molar-refractivity contribution in [2.24, 2.45) is 0 Å². The van der Waals surface area contributed by atoms with Gasteiger partial charge in [-0.1, -0.05) is 48.8 Å². The molecule has 3 rings (SSSR count). The van der Waals surface area contributed by atoms with Crippen LogP contribution in [0.4, 0.5) is 0 Å². The lowest BCUT2D eigenvalue weighted by Crippen LogP contribution is -2.28. The van der Waals surface area contributed by atoms with Crippen molar-refractivity contribution in [1.82, 2.24) is 15.2 Å². The van der Waals surface area contributed by atoms with Crippen LogP contribution in [0.15, 0.2) is 34.1 Å². The first kappa shape index (κ1) is 16.6. The van der Waals surface area contributed by atoms with Gasteiger partial charge in [0, 0.05) is 21.8 Å². The molecule has 0 aliphatic carbocycles. The van der Waals surface area contributed by atoms with Crippen LogP contribution in [0.3, 0.4) is 0 Å². The lowest BCUT2D eigenvalue weighted by atomic mass is 9.98. The van der Waals surface area contributed by atoms with Crippen LogP contribution in [0, 0.1) is 0 Å². The molecule has 1 aromatic heterocycles. The molecule has 1 atom stereocenters. The van der Waals surface area contributed by atoms with Gasteiger partial charge in [0.05, 0.1) is 17.2 Å². The topological polar surface area (TPSA) is 45.2 Å². The quantitative estimate of drug-likeness (QED) is 0.861. The Morgan fingerprint density at radius 2 is 2.04 bits per heavy atom. The molecule has 122 valence electrons. The first-order chi connectivity index (χ1) is 10.8. The molecule has 0 bridgehead atoms. The highest BCUT2D eigenvalue weighted by atomic mass is 79.9. The fraction of sp³-hybridized carbons (Fsp3) is 0.412. The van der Waals surface area contributed by atoms with Crippen molar-refractivity contribution in [3.63, 3.8) is 0 Å². The summed E-state index contributed by atoms with van der Waals surface area (Å²) in [6, 6.07) is 8.20. The number of carbonyl (C=O) groups is 1. The number of benzene rings is 1. The fourth-order valence-electron chi connectivity index (χ4n) is 2.55. The third-order valence-electron chi connectivity index (χ3n) is 3.75. The second-order valence-electron chi connectivity index (χ2n) is 6.83. The Balaban J connectivity index is 1.81. The van der Waals surface area contributed by atoms with E-state index in [2.05, 4.69) is 64.4 Å². The SMILES string of the molecule is CC(C)(C)c1nc([C@@H]2NC(=O)CN2Cc2ccc(Br)cc2)cs1. The van der Waals surface area contributed by atoms with Crippen LogP contribution >= 0.6 is 27.3 Å². The minimum Gasteiger partial charge on any atom is -0.334 e. The maximum Gasteiger partial charge on any atom is 0.235 e. The Morgan fingerprint density at radius 1 is 1.35 bits per heavy atom. The van der Waals surface area contributed by atoms with Crippen molar-refractivity contribution >= 4 is 33.2 Å². The van der Waals surface area contributed by atoms with Crippen LogP contribution in [0.1, 0.15) is 43.2 Å². The number of nitrogens with one attached hydrogen (secondary N) is 1. The fourth-order valence-corrected chi connectivity index (χ4v) is 3.74. The van der Waals surface area contributed by atoms with E-state index in [0.717, 1.165) is 21.7 Å². The molecule has 1 amide bonds. The van der Waals surface area contributed by atoms with E-state index >= 15 is 0 Å². The van der Waals surface area contributed by atoms with Crippen molar-refractivity contribution in [1.29, 1.82) is 0 Å². The summed E-state index contributed by atoms with van der Waals surface area (Å²) >= 11 is 5.11. The van der Waals surface area contributed by atoms with Crippen LogP contribution in [0.2, 0.25) is 0 Å². The first-order valence-electron chi connectivity index (χ1n) is 7.57. The lowest BCUT2D eigenvalue weighted by molar-refractivity contribution is -0.118. The molecule has 1 aliphatic rings. The van der Waals surface area contributed by atoms with E-state index in [1.165, 1.54) is 5.56 Å². The summed E-state index contributed by atoms with van der Waals surface area (Å²) in [7, 11) is 0. The molecule has 23 heavy (non-hydrogen) atoms. The number of thiazole rings is 1. The van der Waals surface area contributed by atoms with Gasteiger partial charge in [0.1, 0.15) is 6.17 Å². The Hall–Kier alpha value is -1.24. The number of hydrogen-bond acceptors (Lipinski definition) is 4. The highest BCUT2D eigenvalue weighted by molar-refractivity contribution is 9.10. The van der Waals surface area contributed by atoms with Gasteiger partial charge in [-0.05, 0) is 17.7 Å². The standard InChI is InChI=1S/C17H20BrN3OS/c1-17(2,3)16-19-13(10-23-16)15-20-14(22)9-21(15)8-11-4-6-12(18)7-5-11/h4-7,10,15H,8-9H2,1-3H3,(H,20,22)/t15-/m1/s1. The second kappa shape index (κ2) is 6.34. The number of hydrogen-bond donors (Lipinski definition) is 1.